The molecule has 0 spiro atoms. The number of aromatic nitrogens is 3. The van der Waals surface area contributed by atoms with Gasteiger partial charge < -0.3 is 4.90 Å². The minimum Gasteiger partial charge on any atom is -0.332 e. The van der Waals surface area contributed by atoms with E-state index >= 15 is 0 Å². The number of carbonyl (C=O) groups is 1. The number of hydrogen-bond acceptors (Lipinski definition) is 3. The van der Waals surface area contributed by atoms with Crippen LogP contribution in [0.2, 0.25) is 0 Å². The Hall–Kier alpha value is -1.62. The van der Waals surface area contributed by atoms with Gasteiger partial charge in [0.25, 0.3) is 5.91 Å². The highest BCUT2D eigenvalue weighted by molar-refractivity contribution is 6.17. The molecule has 1 amide bonds. The molecule has 6 heteroatoms. The van der Waals surface area contributed by atoms with Crippen molar-refractivity contribution in [3.8, 4) is 0 Å². The lowest BCUT2D eigenvalue weighted by Gasteiger charge is -2.38. The zero-order valence-corrected chi connectivity index (χ0v) is 13.8. The van der Waals surface area contributed by atoms with Gasteiger partial charge >= 0.3 is 0 Å². The Balaban J connectivity index is 1.90. The predicted molar refractivity (Wildman–Crippen MR) is 86.4 cm³/mol. The van der Waals surface area contributed by atoms with E-state index in [1.807, 2.05) is 11.1 Å². The maximum Gasteiger partial charge on any atom is 0.274 e. The van der Waals surface area contributed by atoms with E-state index in [1.54, 1.807) is 16.8 Å². The van der Waals surface area contributed by atoms with Gasteiger partial charge in [0, 0.05) is 36.4 Å². The molecule has 118 valence electrons. The molecule has 1 saturated heterocycles. The number of likely N-dealkylation sites (tertiary alicyclic amines) is 1. The molecule has 1 aliphatic rings. The van der Waals surface area contributed by atoms with Crippen molar-refractivity contribution < 1.29 is 4.79 Å². The zero-order valence-electron chi connectivity index (χ0n) is 13.0. The summed E-state index contributed by atoms with van der Waals surface area (Å²) in [4.78, 5) is 19.1. The molecule has 22 heavy (non-hydrogen) atoms. The van der Waals surface area contributed by atoms with E-state index in [0.29, 0.717) is 17.2 Å². The molecule has 0 unspecified atom stereocenters. The third kappa shape index (κ3) is 2.82. The highest BCUT2D eigenvalue weighted by atomic mass is 35.5. The zero-order chi connectivity index (χ0) is 15.7. The second-order valence-corrected chi connectivity index (χ2v) is 6.45. The van der Waals surface area contributed by atoms with Gasteiger partial charge in [-0.3, -0.25) is 4.79 Å². The number of alkyl halides is 1. The van der Waals surface area contributed by atoms with Gasteiger partial charge in [-0.1, -0.05) is 0 Å². The lowest BCUT2D eigenvalue weighted by molar-refractivity contribution is 0.0504. The van der Waals surface area contributed by atoms with Crippen LogP contribution in [0, 0.1) is 0 Å². The molecule has 0 aromatic carbocycles. The predicted octanol–water partition coefficient (Wildman–Crippen LogP) is 2.91. The normalized spacial score (nSPS) is 22.2. The van der Waals surface area contributed by atoms with Crippen LogP contribution < -0.4 is 0 Å². The molecule has 5 nitrogen and oxygen atoms in total. The average Bonchev–Trinajstić information content (AvgIpc) is 2.90. The summed E-state index contributed by atoms with van der Waals surface area (Å²) in [7, 11) is 0. The van der Waals surface area contributed by atoms with Crippen LogP contribution in [0.5, 0.6) is 0 Å². The second-order valence-electron chi connectivity index (χ2n) is 6.07. The largest absolute Gasteiger partial charge is 0.332 e. The van der Waals surface area contributed by atoms with Crippen molar-refractivity contribution in [3.05, 3.63) is 29.7 Å². The summed E-state index contributed by atoms with van der Waals surface area (Å²) < 4.78 is 1.67. The van der Waals surface area contributed by atoms with E-state index < -0.39 is 0 Å². The summed E-state index contributed by atoms with van der Waals surface area (Å²) in [5.41, 5.74) is 2.18. The molecule has 2 atom stereocenters. The molecule has 0 N–H and O–H groups in total. The molecule has 1 fully saturated rings. The van der Waals surface area contributed by atoms with Gasteiger partial charge in [0.05, 0.1) is 0 Å². The summed E-state index contributed by atoms with van der Waals surface area (Å²) in [6, 6.07) is 2.29. The van der Waals surface area contributed by atoms with E-state index in [4.69, 9.17) is 11.6 Å². The van der Waals surface area contributed by atoms with Gasteiger partial charge in [0.1, 0.15) is 0 Å². The van der Waals surface area contributed by atoms with Gasteiger partial charge in [-0.2, -0.15) is 5.10 Å². The fraction of sp³-hybridized carbons (Fsp3) is 0.562. The summed E-state index contributed by atoms with van der Waals surface area (Å²) in [5, 5.41) is 4.42. The molecule has 2 aromatic heterocycles. The van der Waals surface area contributed by atoms with Crippen LogP contribution in [0.15, 0.2) is 18.5 Å². The fourth-order valence-corrected chi connectivity index (χ4v) is 3.43. The van der Waals surface area contributed by atoms with Gasteiger partial charge in [0.15, 0.2) is 11.3 Å². The first-order chi connectivity index (χ1) is 10.6. The van der Waals surface area contributed by atoms with Gasteiger partial charge in [-0.05, 0) is 45.1 Å². The van der Waals surface area contributed by atoms with Crippen LogP contribution in [0.4, 0.5) is 0 Å². The van der Waals surface area contributed by atoms with Crippen LogP contribution in [0.1, 0.15) is 49.2 Å². The van der Waals surface area contributed by atoms with E-state index in [9.17, 15) is 4.79 Å². The van der Waals surface area contributed by atoms with Gasteiger partial charge in [-0.15, -0.1) is 11.6 Å². The minimum atomic E-state index is 0.00379. The Morgan fingerprint density at radius 1 is 1.36 bits per heavy atom. The van der Waals surface area contributed by atoms with Crippen LogP contribution in [0.3, 0.4) is 0 Å². The number of aryl methyl sites for hydroxylation is 1. The number of fused-ring (bicyclic) bond motifs is 1. The lowest BCUT2D eigenvalue weighted by Crippen LogP contribution is -2.47. The van der Waals surface area contributed by atoms with E-state index in [-0.39, 0.29) is 18.0 Å². The Labute approximate surface area is 135 Å². The highest BCUT2D eigenvalue weighted by Crippen LogP contribution is 2.24. The Kier molecular flexibility index (Phi) is 4.34. The van der Waals surface area contributed by atoms with Crippen molar-refractivity contribution in [3.63, 3.8) is 0 Å². The number of nitrogens with zero attached hydrogens (tertiary/aromatic N) is 4. The Morgan fingerprint density at radius 2 is 2.09 bits per heavy atom. The average molecular weight is 321 g/mol. The first-order valence-electron chi connectivity index (χ1n) is 7.83. The van der Waals surface area contributed by atoms with E-state index in [1.165, 1.54) is 6.42 Å². The monoisotopic (exact) mass is 320 g/mol. The second kappa shape index (κ2) is 6.24. The molecule has 0 bridgehead atoms. The van der Waals surface area contributed by atoms with Crippen molar-refractivity contribution in [2.45, 2.75) is 51.6 Å². The number of amides is 1. The maximum atomic E-state index is 12.8. The smallest absolute Gasteiger partial charge is 0.274 e. The molecular weight excluding hydrogens is 300 g/mol. The van der Waals surface area contributed by atoms with E-state index in [2.05, 4.69) is 23.9 Å². The SMILES string of the molecule is C[C@@H]1CCC[C@@H](C)N1C(=O)c1cc2ncc(CCCl)cn2n1. The molecular formula is C16H21ClN4O. The van der Waals surface area contributed by atoms with Crippen molar-refractivity contribution in [1.82, 2.24) is 19.5 Å². The fourth-order valence-electron chi connectivity index (χ4n) is 3.21. The summed E-state index contributed by atoms with van der Waals surface area (Å²) in [6.45, 7) is 4.22. The van der Waals surface area contributed by atoms with Gasteiger partial charge in [0.2, 0.25) is 0 Å². The minimum absolute atomic E-state index is 0.00379. The molecule has 3 rings (SSSR count). The third-order valence-electron chi connectivity index (χ3n) is 4.40. The van der Waals surface area contributed by atoms with Crippen LogP contribution >= 0.6 is 11.6 Å². The summed E-state index contributed by atoms with van der Waals surface area (Å²) in [6.07, 6.45) is 7.72. The first-order valence-corrected chi connectivity index (χ1v) is 8.36. The quantitative estimate of drug-likeness (QED) is 0.817. The lowest BCUT2D eigenvalue weighted by atomic mass is 9.97. The molecule has 0 saturated carbocycles. The van der Waals surface area contributed by atoms with Crippen molar-refractivity contribution >= 4 is 23.2 Å². The maximum absolute atomic E-state index is 12.8. The Morgan fingerprint density at radius 3 is 2.77 bits per heavy atom. The number of piperidine rings is 1. The van der Waals surface area contributed by atoms with Crippen molar-refractivity contribution in [1.29, 1.82) is 0 Å². The third-order valence-corrected chi connectivity index (χ3v) is 4.59. The van der Waals surface area contributed by atoms with Gasteiger partial charge in [-0.25, -0.2) is 9.50 Å². The highest BCUT2D eigenvalue weighted by Gasteiger charge is 2.31. The summed E-state index contributed by atoms with van der Waals surface area (Å²) in [5.74, 6) is 0.548. The Bertz CT molecular complexity index is 674. The van der Waals surface area contributed by atoms with Crippen LogP contribution in [-0.4, -0.2) is 43.4 Å². The molecule has 2 aromatic rings. The molecule has 3 heterocycles. The van der Waals surface area contributed by atoms with Crippen LogP contribution in [-0.2, 0) is 6.42 Å². The standard InChI is InChI=1S/C16H21ClN4O/c1-11-4-3-5-12(2)21(11)16(22)14-8-15-18-9-13(6-7-17)10-20(15)19-14/h8-12H,3-7H2,1-2H3/t11-,12-/m1/s1. The van der Waals surface area contributed by atoms with Crippen molar-refractivity contribution in [2.24, 2.45) is 0 Å². The number of rotatable bonds is 3. The first kappa shape index (κ1) is 15.3. The van der Waals surface area contributed by atoms with Crippen molar-refractivity contribution in [2.75, 3.05) is 5.88 Å². The molecule has 1 aliphatic heterocycles. The molecule has 0 radical (unpaired) electrons. The summed E-state index contributed by atoms with van der Waals surface area (Å²) >= 11 is 5.76. The van der Waals surface area contributed by atoms with E-state index in [0.717, 1.165) is 24.8 Å². The topological polar surface area (TPSA) is 50.5 Å². The number of carbonyl (C=O) groups excluding carboxylic acids is 1. The molecule has 0 aliphatic carbocycles. The number of hydrogen-bond donors (Lipinski definition) is 0. The van der Waals surface area contributed by atoms with Crippen LogP contribution in [0.25, 0.3) is 5.65 Å². The number of halogens is 1.